The summed E-state index contributed by atoms with van der Waals surface area (Å²) in [4.78, 5) is 38.5. The Hall–Kier alpha value is -3.30. The predicted octanol–water partition coefficient (Wildman–Crippen LogP) is 3.68. The second-order valence-electron chi connectivity index (χ2n) is 9.88. The van der Waals surface area contributed by atoms with Crippen LogP contribution in [0, 0.1) is 5.82 Å². The molecular weight excluding hydrogens is 445 g/mol. The number of carboxylic acids is 1. The van der Waals surface area contributed by atoms with E-state index in [4.69, 9.17) is 9.47 Å². The lowest BCUT2D eigenvalue weighted by molar-refractivity contribution is 0.0499. The summed E-state index contributed by atoms with van der Waals surface area (Å²) < 4.78 is 28.2. The van der Waals surface area contributed by atoms with Crippen LogP contribution in [0.5, 0.6) is 5.75 Å². The van der Waals surface area contributed by atoms with Gasteiger partial charge in [0.2, 0.25) is 5.43 Å². The van der Waals surface area contributed by atoms with Crippen molar-refractivity contribution in [3.63, 3.8) is 0 Å². The predicted molar refractivity (Wildman–Crippen MR) is 125 cm³/mol. The molecule has 1 saturated heterocycles. The van der Waals surface area contributed by atoms with Crippen LogP contribution in [0.4, 0.5) is 14.9 Å². The van der Waals surface area contributed by atoms with Gasteiger partial charge in [-0.2, -0.15) is 0 Å². The Kier molecular flexibility index (Phi) is 6.18. The van der Waals surface area contributed by atoms with Crippen LogP contribution in [0.2, 0.25) is 0 Å². The zero-order chi connectivity index (χ0) is 24.8. The number of pyridine rings is 1. The van der Waals surface area contributed by atoms with Crippen LogP contribution in [-0.2, 0) is 4.74 Å². The number of benzene rings is 1. The van der Waals surface area contributed by atoms with Gasteiger partial charge in [0.25, 0.3) is 0 Å². The number of carbonyl (C=O) groups excluding carboxylic acids is 1. The molecule has 0 spiro atoms. The molecule has 0 bridgehead atoms. The van der Waals surface area contributed by atoms with Gasteiger partial charge in [0, 0.05) is 31.4 Å². The van der Waals surface area contributed by atoms with Crippen molar-refractivity contribution < 1.29 is 28.6 Å². The third-order valence-electron chi connectivity index (χ3n) is 6.03. The summed E-state index contributed by atoms with van der Waals surface area (Å²) in [6.07, 6.45) is 3.87. The lowest BCUT2D eigenvalue weighted by atomic mass is 10.0. The SMILES string of the molecule is COc1c(N2CCC[C@H](NC(=O)OC(C)(C)C)C2)c(F)cc2c(=O)c(C(=O)O)cn(C3CC3)c12. The van der Waals surface area contributed by atoms with E-state index in [1.54, 1.807) is 30.2 Å². The number of amides is 1. The minimum absolute atomic E-state index is 0.0228. The molecular formula is C24H30FN3O6. The van der Waals surface area contributed by atoms with Crippen molar-refractivity contribution in [3.05, 3.63) is 33.9 Å². The van der Waals surface area contributed by atoms with E-state index < -0.39 is 34.5 Å². The molecule has 9 nitrogen and oxygen atoms in total. The molecule has 2 fully saturated rings. The van der Waals surface area contributed by atoms with Gasteiger partial charge >= 0.3 is 12.1 Å². The van der Waals surface area contributed by atoms with Crippen molar-refractivity contribution in [2.45, 2.75) is 64.1 Å². The fourth-order valence-electron chi connectivity index (χ4n) is 4.50. The molecule has 1 amide bonds. The van der Waals surface area contributed by atoms with Gasteiger partial charge in [0.05, 0.1) is 18.0 Å². The molecule has 1 aliphatic carbocycles. The average molecular weight is 476 g/mol. The Bertz CT molecular complexity index is 1200. The van der Waals surface area contributed by atoms with E-state index in [9.17, 15) is 19.5 Å². The van der Waals surface area contributed by atoms with Crippen molar-refractivity contribution in [3.8, 4) is 5.75 Å². The number of methoxy groups -OCH3 is 1. The highest BCUT2D eigenvalue weighted by atomic mass is 19.1. The Morgan fingerprint density at radius 2 is 1.94 bits per heavy atom. The number of alkyl carbamates (subject to hydrolysis) is 1. The first-order valence-electron chi connectivity index (χ1n) is 11.4. The molecule has 2 aliphatic rings. The Labute approximate surface area is 196 Å². The number of aromatic carboxylic acids is 1. The highest BCUT2D eigenvalue weighted by molar-refractivity contribution is 5.97. The zero-order valence-electron chi connectivity index (χ0n) is 19.8. The van der Waals surface area contributed by atoms with Crippen LogP contribution in [0.15, 0.2) is 17.1 Å². The Balaban J connectivity index is 1.76. The molecule has 0 unspecified atom stereocenters. The van der Waals surface area contributed by atoms with Crippen LogP contribution < -0.4 is 20.4 Å². The first-order valence-corrected chi connectivity index (χ1v) is 11.4. The Morgan fingerprint density at radius 3 is 2.53 bits per heavy atom. The van der Waals surface area contributed by atoms with Crippen molar-refractivity contribution in [1.29, 1.82) is 0 Å². The minimum Gasteiger partial charge on any atom is -0.492 e. The number of nitrogens with zero attached hydrogens (tertiary/aromatic N) is 2. The molecule has 4 rings (SSSR count). The number of ether oxygens (including phenoxy) is 2. The minimum atomic E-state index is -1.35. The number of hydrogen-bond donors (Lipinski definition) is 2. The average Bonchev–Trinajstić information content (AvgIpc) is 3.57. The molecule has 1 aliphatic heterocycles. The smallest absolute Gasteiger partial charge is 0.407 e. The van der Waals surface area contributed by atoms with Gasteiger partial charge in [-0.3, -0.25) is 4.79 Å². The summed E-state index contributed by atoms with van der Waals surface area (Å²) in [5.74, 6) is -1.84. The molecule has 2 N–H and O–H groups in total. The topological polar surface area (TPSA) is 110 Å². The third kappa shape index (κ3) is 4.67. The van der Waals surface area contributed by atoms with Gasteiger partial charge < -0.3 is 29.4 Å². The van der Waals surface area contributed by atoms with Gasteiger partial charge in [-0.25, -0.2) is 14.0 Å². The second kappa shape index (κ2) is 8.81. The first kappa shape index (κ1) is 23.8. The van der Waals surface area contributed by atoms with Crippen molar-refractivity contribution in [1.82, 2.24) is 9.88 Å². The van der Waals surface area contributed by atoms with Gasteiger partial charge in [0.15, 0.2) is 11.6 Å². The molecule has 34 heavy (non-hydrogen) atoms. The number of nitrogens with one attached hydrogen (secondary N) is 1. The van der Waals surface area contributed by atoms with Crippen molar-refractivity contribution in [2.24, 2.45) is 0 Å². The van der Waals surface area contributed by atoms with Crippen molar-refractivity contribution >= 4 is 28.7 Å². The molecule has 1 aromatic carbocycles. The molecule has 1 saturated carbocycles. The normalized spacial score (nSPS) is 18.6. The van der Waals surface area contributed by atoms with Gasteiger partial charge in [-0.1, -0.05) is 0 Å². The van der Waals surface area contributed by atoms with E-state index in [-0.39, 0.29) is 28.9 Å². The summed E-state index contributed by atoms with van der Waals surface area (Å²) in [5, 5.41) is 12.3. The highest BCUT2D eigenvalue weighted by Crippen LogP contribution is 2.44. The van der Waals surface area contributed by atoms with Gasteiger partial charge in [-0.05, 0) is 52.5 Å². The maximum atomic E-state index is 15.5. The standard InChI is InChI=1S/C24H30FN3O6/c1-24(2,3)34-23(32)26-13-6-5-9-27(11-13)19-17(25)10-15-18(21(19)33-4)28(14-7-8-14)12-16(20(15)29)22(30)31/h10,12-14H,5-9,11H2,1-4H3,(H,26,32)(H,30,31)/t13-/m0/s1. The van der Waals surface area contributed by atoms with Gasteiger partial charge in [0.1, 0.15) is 16.9 Å². The van der Waals surface area contributed by atoms with Crippen LogP contribution in [0.3, 0.4) is 0 Å². The molecule has 2 aromatic rings. The van der Waals surface area contributed by atoms with Crippen LogP contribution >= 0.6 is 0 Å². The number of aromatic nitrogens is 1. The van der Waals surface area contributed by atoms with E-state index in [0.29, 0.717) is 31.4 Å². The number of carbonyl (C=O) groups is 2. The summed E-state index contributed by atoms with van der Waals surface area (Å²) in [6, 6.07) is 0.867. The molecule has 1 atom stereocenters. The second-order valence-corrected chi connectivity index (χ2v) is 9.88. The van der Waals surface area contributed by atoms with Crippen LogP contribution in [-0.4, -0.2) is 53.6 Å². The summed E-state index contributed by atoms with van der Waals surface area (Å²) >= 11 is 0. The summed E-state index contributed by atoms with van der Waals surface area (Å²) in [6.45, 7) is 6.21. The number of carboxylic acid groups (broad SMARTS) is 1. The fraction of sp³-hybridized carbons (Fsp3) is 0.542. The lowest BCUT2D eigenvalue weighted by Crippen LogP contribution is -2.49. The van der Waals surface area contributed by atoms with Crippen LogP contribution in [0.1, 0.15) is 62.9 Å². The number of fused-ring (bicyclic) bond motifs is 1. The van der Waals surface area contributed by atoms with E-state index >= 15 is 4.39 Å². The van der Waals surface area contributed by atoms with E-state index in [2.05, 4.69) is 5.32 Å². The number of anilines is 1. The lowest BCUT2D eigenvalue weighted by Gasteiger charge is -2.36. The van der Waals surface area contributed by atoms with Crippen LogP contribution in [0.25, 0.3) is 10.9 Å². The number of hydrogen-bond acceptors (Lipinski definition) is 6. The number of halogens is 1. The summed E-state index contributed by atoms with van der Waals surface area (Å²) in [5.41, 5.74) is -1.19. The first-order chi connectivity index (χ1) is 16.0. The van der Waals surface area contributed by atoms with E-state index in [0.717, 1.165) is 18.9 Å². The molecule has 0 radical (unpaired) electrons. The maximum absolute atomic E-state index is 15.5. The number of piperidine rings is 1. The third-order valence-corrected chi connectivity index (χ3v) is 6.03. The zero-order valence-corrected chi connectivity index (χ0v) is 19.8. The number of rotatable bonds is 5. The quantitative estimate of drug-likeness (QED) is 0.679. The molecule has 184 valence electrons. The van der Waals surface area contributed by atoms with E-state index in [1.807, 2.05) is 0 Å². The highest BCUT2D eigenvalue weighted by Gasteiger charge is 2.33. The van der Waals surface area contributed by atoms with Crippen molar-refractivity contribution in [2.75, 3.05) is 25.1 Å². The fourth-order valence-corrected chi connectivity index (χ4v) is 4.50. The Morgan fingerprint density at radius 1 is 1.24 bits per heavy atom. The maximum Gasteiger partial charge on any atom is 0.407 e. The van der Waals surface area contributed by atoms with E-state index in [1.165, 1.54) is 13.3 Å². The molecule has 2 heterocycles. The molecule has 10 heteroatoms. The molecule has 1 aromatic heterocycles. The monoisotopic (exact) mass is 475 g/mol. The summed E-state index contributed by atoms with van der Waals surface area (Å²) in [7, 11) is 1.41. The van der Waals surface area contributed by atoms with Gasteiger partial charge in [-0.15, -0.1) is 0 Å². The largest absolute Gasteiger partial charge is 0.492 e.